The van der Waals surface area contributed by atoms with Crippen LogP contribution in [0.15, 0.2) is 109 Å². The van der Waals surface area contributed by atoms with Crippen LogP contribution in [0.25, 0.3) is 0 Å². The van der Waals surface area contributed by atoms with E-state index in [2.05, 4.69) is 130 Å². The maximum Gasteiger partial charge on any atom is 0.306 e. The molecule has 0 aromatic heterocycles. The molecule has 0 amide bonds. The number of hydrogen-bond acceptors (Lipinski definition) is 6. The summed E-state index contributed by atoms with van der Waals surface area (Å²) in [5, 5.41) is 0. The fourth-order valence-electron chi connectivity index (χ4n) is 10.0. The zero-order valence-corrected chi connectivity index (χ0v) is 54.7. The van der Waals surface area contributed by atoms with Crippen LogP contribution in [0.4, 0.5) is 0 Å². The Morgan fingerprint density at radius 1 is 0.253 bits per heavy atom. The summed E-state index contributed by atoms with van der Waals surface area (Å²) in [6, 6.07) is 0. The van der Waals surface area contributed by atoms with Gasteiger partial charge in [0.2, 0.25) is 0 Å². The predicted molar refractivity (Wildman–Crippen MR) is 362 cm³/mol. The van der Waals surface area contributed by atoms with Gasteiger partial charge in [-0.2, -0.15) is 0 Å². The molecule has 0 N–H and O–H groups in total. The average molecular weight is 1150 g/mol. The van der Waals surface area contributed by atoms with Crippen molar-refractivity contribution >= 4 is 17.9 Å². The minimum absolute atomic E-state index is 0.0879. The van der Waals surface area contributed by atoms with E-state index in [9.17, 15) is 14.4 Å². The van der Waals surface area contributed by atoms with Gasteiger partial charge >= 0.3 is 17.9 Å². The Morgan fingerprint density at radius 2 is 0.470 bits per heavy atom. The molecule has 83 heavy (non-hydrogen) atoms. The molecule has 0 rings (SSSR count). The predicted octanol–water partition coefficient (Wildman–Crippen LogP) is 24.6. The molecule has 0 fully saturated rings. The van der Waals surface area contributed by atoms with Crippen LogP contribution in [0, 0.1) is 0 Å². The number of carbonyl (C=O) groups is 3. The zero-order valence-electron chi connectivity index (χ0n) is 54.7. The molecule has 6 heteroatoms. The minimum atomic E-state index is -0.796. The molecule has 0 aliphatic rings. The molecule has 6 nitrogen and oxygen atoms in total. The number of allylic oxidation sites excluding steroid dienone is 18. The van der Waals surface area contributed by atoms with Crippen molar-refractivity contribution in [3.63, 3.8) is 0 Å². The van der Waals surface area contributed by atoms with Crippen LogP contribution in [0.3, 0.4) is 0 Å². The number of carbonyl (C=O) groups excluding carboxylic acids is 3. The lowest BCUT2D eigenvalue weighted by atomic mass is 10.0. The molecular weight excluding hydrogens is 1020 g/mol. The smallest absolute Gasteiger partial charge is 0.306 e. The average Bonchev–Trinajstić information content (AvgIpc) is 3.50. The SMILES string of the molecule is CC/C=C\C/C=C\C/C=C\C/C=C\CCCCCCCCC(=O)OCC(COC(=O)CCCCCCCCCCCCCCCCC/C=C\CCCCCCCCCC)OC(=O)CCCCCCCC/C=C\C/C=C\C/C=C\C/C=C\CC. The van der Waals surface area contributed by atoms with Gasteiger partial charge in [0.15, 0.2) is 6.10 Å². The zero-order chi connectivity index (χ0) is 59.9. The van der Waals surface area contributed by atoms with Crippen molar-refractivity contribution in [1.29, 1.82) is 0 Å². The summed E-state index contributed by atoms with van der Waals surface area (Å²) in [7, 11) is 0. The largest absolute Gasteiger partial charge is 0.462 e. The van der Waals surface area contributed by atoms with Crippen molar-refractivity contribution in [1.82, 2.24) is 0 Å². The number of esters is 3. The fourth-order valence-corrected chi connectivity index (χ4v) is 10.0. The lowest BCUT2D eigenvalue weighted by Crippen LogP contribution is -2.30. The van der Waals surface area contributed by atoms with Crippen molar-refractivity contribution in [2.75, 3.05) is 13.2 Å². The van der Waals surface area contributed by atoms with Crippen molar-refractivity contribution in [3.8, 4) is 0 Å². The van der Waals surface area contributed by atoms with Gasteiger partial charge < -0.3 is 14.2 Å². The normalized spacial score (nSPS) is 12.8. The highest BCUT2D eigenvalue weighted by atomic mass is 16.6. The third kappa shape index (κ3) is 68.7. The molecule has 0 spiro atoms. The lowest BCUT2D eigenvalue weighted by Gasteiger charge is -2.18. The van der Waals surface area contributed by atoms with Gasteiger partial charge in [0.25, 0.3) is 0 Å². The molecule has 0 heterocycles. The topological polar surface area (TPSA) is 78.9 Å². The van der Waals surface area contributed by atoms with E-state index in [4.69, 9.17) is 14.2 Å². The van der Waals surface area contributed by atoms with Crippen LogP contribution >= 0.6 is 0 Å². The first-order chi connectivity index (χ1) is 41.0. The Balaban J connectivity index is 4.36. The van der Waals surface area contributed by atoms with E-state index in [1.165, 1.54) is 167 Å². The third-order valence-corrected chi connectivity index (χ3v) is 15.2. The van der Waals surface area contributed by atoms with E-state index in [0.29, 0.717) is 19.3 Å². The second-order valence-corrected chi connectivity index (χ2v) is 23.4. The van der Waals surface area contributed by atoms with Gasteiger partial charge in [-0.1, -0.05) is 310 Å². The first kappa shape index (κ1) is 79.1. The molecule has 1 atom stereocenters. The van der Waals surface area contributed by atoms with Crippen LogP contribution < -0.4 is 0 Å². The van der Waals surface area contributed by atoms with Gasteiger partial charge in [-0.05, 0) is 122 Å². The highest BCUT2D eigenvalue weighted by Gasteiger charge is 2.19. The van der Waals surface area contributed by atoms with Crippen molar-refractivity contribution in [2.45, 2.75) is 348 Å². The van der Waals surface area contributed by atoms with Gasteiger partial charge in [-0.15, -0.1) is 0 Å². The molecule has 0 saturated carbocycles. The first-order valence-corrected chi connectivity index (χ1v) is 35.4. The molecular formula is C77H132O6. The van der Waals surface area contributed by atoms with Crippen LogP contribution in [0.2, 0.25) is 0 Å². The number of rotatable bonds is 64. The van der Waals surface area contributed by atoms with Crippen LogP contribution in [0.1, 0.15) is 342 Å². The van der Waals surface area contributed by atoms with Crippen molar-refractivity contribution in [3.05, 3.63) is 109 Å². The van der Waals surface area contributed by atoms with E-state index in [1.54, 1.807) is 0 Å². The monoisotopic (exact) mass is 1150 g/mol. The van der Waals surface area contributed by atoms with E-state index in [0.717, 1.165) is 135 Å². The molecule has 0 aromatic carbocycles. The molecule has 476 valence electrons. The Morgan fingerprint density at radius 3 is 0.747 bits per heavy atom. The summed E-state index contributed by atoms with van der Waals surface area (Å²) >= 11 is 0. The van der Waals surface area contributed by atoms with Gasteiger partial charge in [0.05, 0.1) is 0 Å². The Labute approximate surface area is 514 Å². The summed E-state index contributed by atoms with van der Waals surface area (Å²) < 4.78 is 17.0. The number of hydrogen-bond donors (Lipinski definition) is 0. The molecule has 0 aliphatic heterocycles. The standard InChI is InChI=1S/C77H132O6/c1-4-7-10-13-16-19-22-25-28-31-34-35-36-37-38-39-40-41-44-46-49-52-55-58-61-64-67-70-76(79)82-73-74(83-77(80)71-68-65-62-59-56-53-50-47-43-33-30-27-24-21-18-15-12-9-6-3)72-81-75(78)69-66-63-60-57-54-51-48-45-42-32-29-26-23-20-17-14-11-8-5-2/h8-9,11-12,17-18,20-21,26-27,29-31,34,42-43,45,47,74H,4-7,10,13-16,19,22-25,28,32-33,35-41,44,46,48-73H2,1-3H3/b11-8-,12-9-,20-17-,21-18-,29-26-,30-27-,34-31-,45-42-,47-43-. The number of ether oxygens (including phenoxy) is 3. The Bertz CT molecular complexity index is 1660. The first-order valence-electron chi connectivity index (χ1n) is 35.4. The maximum absolute atomic E-state index is 13.0. The highest BCUT2D eigenvalue weighted by Crippen LogP contribution is 2.17. The lowest BCUT2D eigenvalue weighted by molar-refractivity contribution is -0.167. The van der Waals surface area contributed by atoms with E-state index < -0.39 is 6.10 Å². The third-order valence-electron chi connectivity index (χ3n) is 15.2. The summed E-state index contributed by atoms with van der Waals surface area (Å²) in [5.41, 5.74) is 0. The molecule has 0 aliphatic carbocycles. The summed E-state index contributed by atoms with van der Waals surface area (Å²) in [4.78, 5) is 38.5. The molecule has 0 aromatic rings. The summed E-state index contributed by atoms with van der Waals surface area (Å²) in [6.07, 6.45) is 96.8. The van der Waals surface area contributed by atoms with Gasteiger partial charge in [-0.3, -0.25) is 14.4 Å². The molecule has 0 saturated heterocycles. The van der Waals surface area contributed by atoms with E-state index >= 15 is 0 Å². The second-order valence-electron chi connectivity index (χ2n) is 23.4. The second kappa shape index (κ2) is 70.6. The molecule has 0 radical (unpaired) electrons. The van der Waals surface area contributed by atoms with Crippen LogP contribution in [-0.2, 0) is 28.6 Å². The van der Waals surface area contributed by atoms with Gasteiger partial charge in [0.1, 0.15) is 13.2 Å². The van der Waals surface area contributed by atoms with Gasteiger partial charge in [-0.25, -0.2) is 0 Å². The summed E-state index contributed by atoms with van der Waals surface area (Å²) in [6.45, 7) is 6.43. The van der Waals surface area contributed by atoms with E-state index in [-0.39, 0.29) is 31.1 Å². The number of unbranched alkanes of at least 4 members (excludes halogenated alkanes) is 35. The highest BCUT2D eigenvalue weighted by molar-refractivity contribution is 5.71. The Hall–Kier alpha value is -3.93. The molecule has 1 unspecified atom stereocenters. The fraction of sp³-hybridized carbons (Fsp3) is 0.727. The quantitative estimate of drug-likeness (QED) is 0.0261. The van der Waals surface area contributed by atoms with Crippen LogP contribution in [-0.4, -0.2) is 37.2 Å². The molecule has 0 bridgehead atoms. The van der Waals surface area contributed by atoms with Crippen molar-refractivity contribution < 1.29 is 28.6 Å². The van der Waals surface area contributed by atoms with Gasteiger partial charge in [0, 0.05) is 19.3 Å². The summed E-state index contributed by atoms with van der Waals surface area (Å²) in [5.74, 6) is -0.903. The Kier molecular flexibility index (Phi) is 67.2. The minimum Gasteiger partial charge on any atom is -0.462 e. The van der Waals surface area contributed by atoms with E-state index in [1.807, 2.05) is 0 Å². The van der Waals surface area contributed by atoms with Crippen LogP contribution in [0.5, 0.6) is 0 Å². The maximum atomic E-state index is 13.0. The van der Waals surface area contributed by atoms with Crippen molar-refractivity contribution in [2.24, 2.45) is 0 Å².